The number of ether oxygens (including phenoxy) is 1. The molecule has 0 bridgehead atoms. The molecule has 0 aliphatic carbocycles. The largest absolute Gasteiger partial charge is 0.369 e. The zero-order chi connectivity index (χ0) is 13.3. The van der Waals surface area contributed by atoms with Crippen molar-refractivity contribution >= 4 is 5.91 Å². The van der Waals surface area contributed by atoms with E-state index >= 15 is 0 Å². The van der Waals surface area contributed by atoms with Crippen molar-refractivity contribution in [1.82, 2.24) is 9.47 Å². The highest BCUT2D eigenvalue weighted by atomic mass is 16.5. The molecule has 0 N–H and O–H groups in total. The standard InChI is InChI=1S/C14H22N2O2/c1-10(2)18-9-14(17)16-8-7-15-11(3)5-6-13(15)12(16)4/h5-6,10,12H,7-9H2,1-4H3. The van der Waals surface area contributed by atoms with Crippen LogP contribution in [0.2, 0.25) is 0 Å². The lowest BCUT2D eigenvalue weighted by Crippen LogP contribution is -2.43. The summed E-state index contributed by atoms with van der Waals surface area (Å²) < 4.78 is 7.69. The number of amides is 1. The average Bonchev–Trinajstić information content (AvgIpc) is 2.69. The third kappa shape index (κ3) is 2.43. The van der Waals surface area contributed by atoms with Crippen LogP contribution in [0.3, 0.4) is 0 Å². The predicted molar refractivity (Wildman–Crippen MR) is 70.4 cm³/mol. The summed E-state index contributed by atoms with van der Waals surface area (Å²) in [5.74, 6) is 0.0845. The quantitative estimate of drug-likeness (QED) is 0.823. The molecule has 0 radical (unpaired) electrons. The molecule has 0 saturated heterocycles. The van der Waals surface area contributed by atoms with Gasteiger partial charge in [-0.15, -0.1) is 0 Å². The molecule has 4 nitrogen and oxygen atoms in total. The minimum atomic E-state index is 0.0845. The Bertz CT molecular complexity index is 437. The Morgan fingerprint density at radius 3 is 2.83 bits per heavy atom. The van der Waals surface area contributed by atoms with E-state index in [1.807, 2.05) is 18.7 Å². The molecule has 1 aromatic rings. The predicted octanol–water partition coefficient (Wildman–Crippen LogP) is 2.12. The normalized spacial score (nSPS) is 19.2. The number of rotatable bonds is 3. The van der Waals surface area contributed by atoms with Crippen molar-refractivity contribution in [2.45, 2.75) is 46.4 Å². The maximum atomic E-state index is 12.1. The highest BCUT2D eigenvalue weighted by Gasteiger charge is 2.28. The van der Waals surface area contributed by atoms with Crippen LogP contribution >= 0.6 is 0 Å². The van der Waals surface area contributed by atoms with Gasteiger partial charge in [-0.25, -0.2) is 0 Å². The van der Waals surface area contributed by atoms with Gasteiger partial charge in [-0.3, -0.25) is 4.79 Å². The first-order valence-corrected chi connectivity index (χ1v) is 6.57. The van der Waals surface area contributed by atoms with E-state index in [1.165, 1.54) is 11.4 Å². The molecule has 100 valence electrons. The molecule has 1 amide bonds. The number of hydrogen-bond donors (Lipinski definition) is 0. The summed E-state index contributed by atoms with van der Waals surface area (Å²) in [6.45, 7) is 9.91. The van der Waals surface area contributed by atoms with Gasteiger partial charge < -0.3 is 14.2 Å². The van der Waals surface area contributed by atoms with Gasteiger partial charge in [-0.05, 0) is 39.8 Å². The second kappa shape index (κ2) is 5.14. The Morgan fingerprint density at radius 2 is 2.17 bits per heavy atom. The van der Waals surface area contributed by atoms with Gasteiger partial charge in [-0.1, -0.05) is 0 Å². The van der Waals surface area contributed by atoms with Crippen molar-refractivity contribution in [3.05, 3.63) is 23.5 Å². The molecule has 18 heavy (non-hydrogen) atoms. The molecule has 0 spiro atoms. The maximum absolute atomic E-state index is 12.1. The lowest BCUT2D eigenvalue weighted by Gasteiger charge is -2.35. The zero-order valence-corrected chi connectivity index (χ0v) is 11.6. The van der Waals surface area contributed by atoms with Crippen LogP contribution in [0.15, 0.2) is 12.1 Å². The molecule has 1 unspecified atom stereocenters. The Balaban J connectivity index is 2.07. The highest BCUT2D eigenvalue weighted by Crippen LogP contribution is 2.27. The van der Waals surface area contributed by atoms with Gasteiger partial charge in [0.25, 0.3) is 0 Å². The molecule has 1 aliphatic rings. The van der Waals surface area contributed by atoms with E-state index in [1.54, 1.807) is 0 Å². The molecule has 2 heterocycles. The van der Waals surface area contributed by atoms with Gasteiger partial charge >= 0.3 is 0 Å². The number of carbonyl (C=O) groups is 1. The van der Waals surface area contributed by atoms with Crippen LogP contribution in [0, 0.1) is 6.92 Å². The summed E-state index contributed by atoms with van der Waals surface area (Å²) in [6, 6.07) is 4.36. The molecule has 1 aromatic heterocycles. The fourth-order valence-corrected chi connectivity index (χ4v) is 2.48. The number of hydrogen-bond acceptors (Lipinski definition) is 2. The van der Waals surface area contributed by atoms with Crippen molar-refractivity contribution in [1.29, 1.82) is 0 Å². The van der Waals surface area contributed by atoms with Gasteiger partial charge in [0, 0.05) is 24.5 Å². The first-order chi connectivity index (χ1) is 8.50. The monoisotopic (exact) mass is 250 g/mol. The van der Waals surface area contributed by atoms with Crippen LogP contribution in [0.1, 0.15) is 38.2 Å². The van der Waals surface area contributed by atoms with E-state index in [2.05, 4.69) is 30.5 Å². The van der Waals surface area contributed by atoms with Gasteiger partial charge in [0.1, 0.15) is 6.61 Å². The molecular formula is C14H22N2O2. The van der Waals surface area contributed by atoms with Gasteiger partial charge in [0.2, 0.25) is 5.91 Å². The topological polar surface area (TPSA) is 34.5 Å². The first-order valence-electron chi connectivity index (χ1n) is 6.57. The van der Waals surface area contributed by atoms with Gasteiger partial charge in [0.15, 0.2) is 0 Å². The summed E-state index contributed by atoms with van der Waals surface area (Å²) in [6.07, 6.45) is 0.0974. The van der Waals surface area contributed by atoms with E-state index in [0.717, 1.165) is 13.1 Å². The van der Waals surface area contributed by atoms with Crippen LogP contribution < -0.4 is 0 Å². The molecule has 0 aromatic carbocycles. The van der Waals surface area contributed by atoms with Crippen molar-refractivity contribution in [3.63, 3.8) is 0 Å². The van der Waals surface area contributed by atoms with Crippen LogP contribution in [-0.2, 0) is 16.1 Å². The molecule has 0 saturated carbocycles. The average molecular weight is 250 g/mol. The molecular weight excluding hydrogens is 228 g/mol. The minimum absolute atomic E-state index is 0.0845. The minimum Gasteiger partial charge on any atom is -0.369 e. The molecule has 1 atom stereocenters. The summed E-state index contributed by atoms with van der Waals surface area (Å²) in [7, 11) is 0. The number of aryl methyl sites for hydroxylation is 1. The van der Waals surface area contributed by atoms with Gasteiger partial charge in [0.05, 0.1) is 12.1 Å². The lowest BCUT2D eigenvalue weighted by atomic mass is 10.1. The summed E-state index contributed by atoms with van der Waals surface area (Å²) >= 11 is 0. The first kappa shape index (κ1) is 13.1. The highest BCUT2D eigenvalue weighted by molar-refractivity contribution is 5.78. The number of carbonyl (C=O) groups excluding carboxylic acids is 1. The van der Waals surface area contributed by atoms with Crippen LogP contribution in [0.5, 0.6) is 0 Å². The van der Waals surface area contributed by atoms with E-state index in [-0.39, 0.29) is 24.7 Å². The SMILES string of the molecule is Cc1ccc2n1CCN(C(=O)COC(C)C)C2C. The van der Waals surface area contributed by atoms with Crippen molar-refractivity contribution in [2.24, 2.45) is 0 Å². The number of aromatic nitrogens is 1. The Kier molecular flexibility index (Phi) is 3.76. The van der Waals surface area contributed by atoms with Crippen molar-refractivity contribution in [3.8, 4) is 0 Å². The second-order valence-corrected chi connectivity index (χ2v) is 5.17. The number of nitrogens with zero attached hydrogens (tertiary/aromatic N) is 2. The smallest absolute Gasteiger partial charge is 0.249 e. The van der Waals surface area contributed by atoms with E-state index in [4.69, 9.17) is 4.74 Å². The molecule has 0 fully saturated rings. The van der Waals surface area contributed by atoms with E-state index in [0.29, 0.717) is 0 Å². The molecule has 2 rings (SSSR count). The third-order valence-corrected chi connectivity index (χ3v) is 3.55. The maximum Gasteiger partial charge on any atom is 0.249 e. The third-order valence-electron chi connectivity index (χ3n) is 3.55. The van der Waals surface area contributed by atoms with Gasteiger partial charge in [-0.2, -0.15) is 0 Å². The Morgan fingerprint density at radius 1 is 1.44 bits per heavy atom. The number of fused-ring (bicyclic) bond motifs is 1. The van der Waals surface area contributed by atoms with E-state index in [9.17, 15) is 4.79 Å². The Labute approximate surface area is 109 Å². The molecule has 4 heteroatoms. The van der Waals surface area contributed by atoms with Crippen molar-refractivity contribution < 1.29 is 9.53 Å². The summed E-state index contributed by atoms with van der Waals surface area (Å²) in [4.78, 5) is 14.0. The molecule has 1 aliphatic heterocycles. The summed E-state index contributed by atoms with van der Waals surface area (Å²) in [5.41, 5.74) is 2.49. The second-order valence-electron chi connectivity index (χ2n) is 5.17. The lowest BCUT2D eigenvalue weighted by molar-refractivity contribution is -0.140. The summed E-state index contributed by atoms with van der Waals surface area (Å²) in [5, 5.41) is 0. The fourth-order valence-electron chi connectivity index (χ4n) is 2.48. The van der Waals surface area contributed by atoms with Crippen LogP contribution in [-0.4, -0.2) is 34.6 Å². The zero-order valence-electron chi connectivity index (χ0n) is 11.6. The van der Waals surface area contributed by atoms with E-state index < -0.39 is 0 Å². The fraction of sp³-hybridized carbons (Fsp3) is 0.643. The Hall–Kier alpha value is -1.29. The van der Waals surface area contributed by atoms with Crippen LogP contribution in [0.4, 0.5) is 0 Å². The van der Waals surface area contributed by atoms with Crippen LogP contribution in [0.25, 0.3) is 0 Å². The van der Waals surface area contributed by atoms with Crippen molar-refractivity contribution in [2.75, 3.05) is 13.2 Å².